The van der Waals surface area contributed by atoms with Gasteiger partial charge in [-0.25, -0.2) is 0 Å². The molecule has 3 N–H and O–H groups in total. The summed E-state index contributed by atoms with van der Waals surface area (Å²) < 4.78 is 0. The van der Waals surface area contributed by atoms with E-state index >= 15 is 0 Å². The van der Waals surface area contributed by atoms with Crippen molar-refractivity contribution in [2.24, 2.45) is 0 Å². The summed E-state index contributed by atoms with van der Waals surface area (Å²) in [6.45, 7) is 1.31. The molecular weight excluding hydrogens is 374 g/mol. The van der Waals surface area contributed by atoms with Crippen molar-refractivity contribution in [2.45, 2.75) is 31.8 Å². The van der Waals surface area contributed by atoms with Crippen LogP contribution < -0.4 is 15.7 Å². The van der Waals surface area contributed by atoms with Crippen LogP contribution in [0.4, 0.5) is 11.4 Å². The second kappa shape index (κ2) is 7.94. The Balaban J connectivity index is 1.29. The minimum Gasteiger partial charge on any atom is -0.309 e. The first-order valence-corrected chi connectivity index (χ1v) is 10.5. The lowest BCUT2D eigenvalue weighted by atomic mass is 10.1. The van der Waals surface area contributed by atoms with Crippen LogP contribution in [0.15, 0.2) is 66.7 Å². The van der Waals surface area contributed by atoms with Crippen LogP contribution in [0, 0.1) is 0 Å². The van der Waals surface area contributed by atoms with Gasteiger partial charge in [0.05, 0.1) is 5.69 Å². The van der Waals surface area contributed by atoms with Crippen molar-refractivity contribution in [1.82, 2.24) is 5.32 Å². The van der Waals surface area contributed by atoms with Crippen LogP contribution in [0.1, 0.15) is 32.6 Å². The van der Waals surface area contributed by atoms with Crippen molar-refractivity contribution in [3.8, 4) is 0 Å². The second-order valence-electron chi connectivity index (χ2n) is 8.07. The molecule has 5 nitrogen and oxygen atoms in total. The number of carbonyl (C=O) groups excluding carboxylic acids is 1. The zero-order valence-electron chi connectivity index (χ0n) is 16.8. The molecule has 1 amide bonds. The van der Waals surface area contributed by atoms with Gasteiger partial charge in [-0.05, 0) is 59.7 Å². The Bertz CT molecular complexity index is 1070. The largest absolute Gasteiger partial charge is 0.309 e. The maximum absolute atomic E-state index is 13.1. The SMILES string of the molecule is O=C(c1ccc(CNC2Cc3ccccc3C2)c(NO)c1)N1CCc2ccccc21. The molecular formula is C25H25N3O2. The average molecular weight is 399 g/mol. The van der Waals surface area contributed by atoms with Gasteiger partial charge >= 0.3 is 0 Å². The van der Waals surface area contributed by atoms with Gasteiger partial charge in [0.15, 0.2) is 0 Å². The number of benzene rings is 3. The molecule has 3 aromatic rings. The van der Waals surface area contributed by atoms with E-state index in [4.69, 9.17) is 0 Å². The number of rotatable bonds is 5. The number of carbonyl (C=O) groups is 1. The maximum atomic E-state index is 13.1. The van der Waals surface area contributed by atoms with Gasteiger partial charge in [0, 0.05) is 30.4 Å². The Kier molecular flexibility index (Phi) is 4.99. The fourth-order valence-electron chi connectivity index (χ4n) is 4.63. The standard InChI is InChI=1S/C25H25N3O2/c29-25(28-12-11-17-5-3-4-8-24(17)28)20-9-10-21(23(15-20)27-30)16-26-22-13-18-6-1-2-7-19(18)14-22/h1-10,15,22,26-27,30H,11-14,16H2. The van der Waals surface area contributed by atoms with E-state index in [1.54, 1.807) is 6.07 Å². The first-order chi connectivity index (χ1) is 14.7. The van der Waals surface area contributed by atoms with E-state index in [1.807, 2.05) is 35.2 Å². The summed E-state index contributed by atoms with van der Waals surface area (Å²) >= 11 is 0. The summed E-state index contributed by atoms with van der Waals surface area (Å²) in [5.41, 5.74) is 9.34. The van der Waals surface area contributed by atoms with Gasteiger partial charge in [0.25, 0.3) is 5.91 Å². The highest BCUT2D eigenvalue weighted by Crippen LogP contribution is 2.30. The van der Waals surface area contributed by atoms with E-state index in [0.29, 0.717) is 30.4 Å². The first-order valence-electron chi connectivity index (χ1n) is 10.5. The molecule has 5 heteroatoms. The van der Waals surface area contributed by atoms with Gasteiger partial charge in [0.1, 0.15) is 0 Å². The number of nitrogens with zero attached hydrogens (tertiary/aromatic N) is 1. The van der Waals surface area contributed by atoms with Gasteiger partial charge in [-0.15, -0.1) is 0 Å². The zero-order valence-corrected chi connectivity index (χ0v) is 16.8. The number of anilines is 2. The Morgan fingerprint density at radius 3 is 2.40 bits per heavy atom. The monoisotopic (exact) mass is 399 g/mol. The Hall–Kier alpha value is -3.15. The van der Waals surface area contributed by atoms with E-state index in [9.17, 15) is 10.0 Å². The summed E-state index contributed by atoms with van der Waals surface area (Å²) in [6.07, 6.45) is 2.91. The van der Waals surface area contributed by atoms with Crippen molar-refractivity contribution in [3.63, 3.8) is 0 Å². The summed E-state index contributed by atoms with van der Waals surface area (Å²) in [6, 6.07) is 22.5. The van der Waals surface area contributed by atoms with E-state index in [2.05, 4.69) is 41.1 Å². The van der Waals surface area contributed by atoms with E-state index < -0.39 is 0 Å². The molecule has 1 heterocycles. The molecule has 30 heavy (non-hydrogen) atoms. The molecule has 0 radical (unpaired) electrons. The van der Waals surface area contributed by atoms with Crippen LogP contribution >= 0.6 is 0 Å². The molecule has 0 fully saturated rings. The molecule has 0 unspecified atom stereocenters. The highest BCUT2D eigenvalue weighted by molar-refractivity contribution is 6.07. The third-order valence-electron chi connectivity index (χ3n) is 6.24. The van der Waals surface area contributed by atoms with E-state index in [-0.39, 0.29) is 5.91 Å². The van der Waals surface area contributed by atoms with Crippen molar-refractivity contribution in [2.75, 3.05) is 16.9 Å². The first kappa shape index (κ1) is 18.9. The van der Waals surface area contributed by atoms with Crippen LogP contribution in [0.5, 0.6) is 0 Å². The normalized spacial score (nSPS) is 15.2. The van der Waals surface area contributed by atoms with Gasteiger partial charge in [-0.1, -0.05) is 48.5 Å². The highest BCUT2D eigenvalue weighted by Gasteiger charge is 2.26. The van der Waals surface area contributed by atoms with E-state index in [1.165, 1.54) is 16.7 Å². The number of hydrogen-bond acceptors (Lipinski definition) is 4. The third-order valence-corrected chi connectivity index (χ3v) is 6.24. The summed E-state index contributed by atoms with van der Waals surface area (Å²) in [5.74, 6) is -0.0396. The zero-order chi connectivity index (χ0) is 20.5. The molecule has 1 aliphatic heterocycles. The molecule has 3 aromatic carbocycles. The predicted octanol–water partition coefficient (Wildman–Crippen LogP) is 3.95. The second-order valence-corrected chi connectivity index (χ2v) is 8.07. The average Bonchev–Trinajstić information content (AvgIpc) is 3.41. The fraction of sp³-hybridized carbons (Fsp3) is 0.240. The fourth-order valence-corrected chi connectivity index (χ4v) is 4.63. The van der Waals surface area contributed by atoms with Gasteiger partial charge in [-0.3, -0.25) is 15.5 Å². The quantitative estimate of drug-likeness (QED) is 0.569. The number of nitrogens with one attached hydrogen (secondary N) is 2. The van der Waals surface area contributed by atoms with Crippen molar-refractivity contribution < 1.29 is 10.0 Å². The number of para-hydroxylation sites is 1. The number of amides is 1. The molecule has 0 saturated carbocycles. The van der Waals surface area contributed by atoms with Crippen LogP contribution in [-0.2, 0) is 25.8 Å². The minimum absolute atomic E-state index is 0.0396. The molecule has 152 valence electrons. The topological polar surface area (TPSA) is 64.6 Å². The Morgan fingerprint density at radius 2 is 1.67 bits per heavy atom. The highest BCUT2D eigenvalue weighted by atomic mass is 16.5. The smallest absolute Gasteiger partial charge is 0.258 e. The third kappa shape index (κ3) is 3.47. The predicted molar refractivity (Wildman–Crippen MR) is 118 cm³/mol. The number of fused-ring (bicyclic) bond motifs is 2. The van der Waals surface area contributed by atoms with Gasteiger partial charge in [0.2, 0.25) is 0 Å². The van der Waals surface area contributed by atoms with Crippen molar-refractivity contribution in [3.05, 3.63) is 94.5 Å². The van der Waals surface area contributed by atoms with Crippen LogP contribution in [0.2, 0.25) is 0 Å². The lowest BCUT2D eigenvalue weighted by Gasteiger charge is -2.19. The number of hydrogen-bond donors (Lipinski definition) is 3. The van der Waals surface area contributed by atoms with Crippen LogP contribution in [0.25, 0.3) is 0 Å². The molecule has 2 aliphatic rings. The molecule has 0 aromatic heterocycles. The van der Waals surface area contributed by atoms with Crippen LogP contribution in [-0.4, -0.2) is 23.7 Å². The minimum atomic E-state index is -0.0396. The maximum Gasteiger partial charge on any atom is 0.258 e. The van der Waals surface area contributed by atoms with Gasteiger partial charge < -0.3 is 10.2 Å². The molecule has 5 rings (SSSR count). The molecule has 0 spiro atoms. The lowest BCUT2D eigenvalue weighted by Crippen LogP contribution is -2.30. The van der Waals surface area contributed by atoms with Crippen molar-refractivity contribution >= 4 is 17.3 Å². The van der Waals surface area contributed by atoms with Crippen molar-refractivity contribution in [1.29, 1.82) is 0 Å². The van der Waals surface area contributed by atoms with Crippen LogP contribution in [0.3, 0.4) is 0 Å². The Labute approximate surface area is 176 Å². The molecule has 0 atom stereocenters. The summed E-state index contributed by atoms with van der Waals surface area (Å²) in [4.78, 5) is 14.9. The molecule has 0 saturated heterocycles. The molecule has 0 bridgehead atoms. The van der Waals surface area contributed by atoms with E-state index in [0.717, 1.165) is 30.5 Å². The summed E-state index contributed by atoms with van der Waals surface area (Å²) in [7, 11) is 0. The summed E-state index contributed by atoms with van der Waals surface area (Å²) in [5, 5.41) is 13.3. The lowest BCUT2D eigenvalue weighted by molar-refractivity contribution is 0.0989. The van der Waals surface area contributed by atoms with Gasteiger partial charge in [-0.2, -0.15) is 0 Å². The Morgan fingerprint density at radius 1 is 0.967 bits per heavy atom. The molecule has 1 aliphatic carbocycles.